The molecule has 0 aromatic heterocycles. The fourth-order valence-corrected chi connectivity index (χ4v) is 3.29. The van der Waals surface area contributed by atoms with Crippen LogP contribution in [0, 0.1) is 0 Å². The summed E-state index contributed by atoms with van der Waals surface area (Å²) in [6, 6.07) is 14.3. The Hall–Kier alpha value is -2.33. The van der Waals surface area contributed by atoms with Crippen LogP contribution in [0.3, 0.4) is 0 Å². The maximum absolute atomic E-state index is 13.0. The van der Waals surface area contributed by atoms with Crippen LogP contribution < -0.4 is 5.43 Å². The molecular weight excluding hydrogens is 396 g/mol. The second-order valence-corrected chi connectivity index (χ2v) is 9.06. The van der Waals surface area contributed by atoms with Gasteiger partial charge in [-0.1, -0.05) is 56.3 Å². The van der Waals surface area contributed by atoms with Gasteiger partial charge in [0, 0.05) is 16.1 Å². The van der Waals surface area contributed by atoms with E-state index in [9.17, 15) is 9.59 Å². The summed E-state index contributed by atoms with van der Waals surface area (Å²) in [6.07, 6.45) is 7.24. The highest BCUT2D eigenvalue weighted by Crippen LogP contribution is 2.18. The van der Waals surface area contributed by atoms with Crippen LogP contribution in [0.5, 0.6) is 0 Å². The highest BCUT2D eigenvalue weighted by molar-refractivity contribution is 6.30. The second kappa shape index (κ2) is 11.2. The molecule has 0 spiro atoms. The number of nitrogens with zero attached hydrogens (tertiary/aromatic N) is 1. The van der Waals surface area contributed by atoms with Crippen molar-refractivity contribution in [2.24, 2.45) is 0 Å². The molecule has 0 saturated heterocycles. The predicted octanol–water partition coefficient (Wildman–Crippen LogP) is 6.44. The lowest BCUT2D eigenvalue weighted by atomic mass is 10.0. The fraction of sp³-hybridized carbons (Fsp3) is 0.440. The summed E-state index contributed by atoms with van der Waals surface area (Å²) in [5.41, 5.74) is 4.42. The van der Waals surface area contributed by atoms with Crippen molar-refractivity contribution in [3.05, 3.63) is 70.2 Å². The summed E-state index contributed by atoms with van der Waals surface area (Å²) < 4.78 is 0. The van der Waals surface area contributed by atoms with Crippen LogP contribution >= 0.6 is 11.6 Å². The van der Waals surface area contributed by atoms with Crippen LogP contribution in [0.1, 0.15) is 86.1 Å². The highest BCUT2D eigenvalue weighted by Gasteiger charge is 2.29. The molecule has 0 atom stereocenters. The second-order valence-electron chi connectivity index (χ2n) is 8.62. The first-order valence-corrected chi connectivity index (χ1v) is 11.1. The fourth-order valence-electron chi connectivity index (χ4n) is 3.17. The van der Waals surface area contributed by atoms with E-state index in [1.165, 1.54) is 42.7 Å². The number of amides is 2. The topological polar surface area (TPSA) is 49.4 Å². The summed E-state index contributed by atoms with van der Waals surface area (Å²) in [5.74, 6) is -0.585. The Balaban J connectivity index is 2.03. The van der Waals surface area contributed by atoms with Crippen molar-refractivity contribution in [1.82, 2.24) is 10.4 Å². The van der Waals surface area contributed by atoms with Crippen LogP contribution in [0.25, 0.3) is 0 Å². The molecule has 2 rings (SSSR count). The minimum Gasteiger partial charge on any atom is -0.267 e. The Morgan fingerprint density at radius 1 is 0.867 bits per heavy atom. The summed E-state index contributed by atoms with van der Waals surface area (Å²) in [4.78, 5) is 25.8. The number of hydrogen-bond donors (Lipinski definition) is 1. The first-order valence-electron chi connectivity index (χ1n) is 10.7. The lowest BCUT2D eigenvalue weighted by molar-refractivity contribution is 0.0358. The molecule has 0 bridgehead atoms. The summed E-state index contributed by atoms with van der Waals surface area (Å²) in [5, 5.41) is 1.93. The zero-order valence-electron chi connectivity index (χ0n) is 18.5. The Morgan fingerprint density at radius 3 is 2.00 bits per heavy atom. The number of hydrazine groups is 1. The van der Waals surface area contributed by atoms with E-state index in [1.54, 1.807) is 24.3 Å². The van der Waals surface area contributed by atoms with Crippen molar-refractivity contribution in [2.45, 2.75) is 71.8 Å². The first kappa shape index (κ1) is 23.9. The molecular formula is C25H33ClN2O2. The maximum Gasteiger partial charge on any atom is 0.272 e. The highest BCUT2D eigenvalue weighted by atomic mass is 35.5. The minimum absolute atomic E-state index is 0.281. The molecule has 0 heterocycles. The monoisotopic (exact) mass is 428 g/mol. The number of unbranched alkanes of at least 4 members (excludes halogenated alkanes) is 4. The van der Waals surface area contributed by atoms with Crippen LogP contribution in [0.15, 0.2) is 48.5 Å². The van der Waals surface area contributed by atoms with Gasteiger partial charge in [-0.2, -0.15) is 0 Å². The molecule has 162 valence electrons. The molecule has 5 heteroatoms. The smallest absolute Gasteiger partial charge is 0.267 e. The molecule has 2 aromatic carbocycles. The number of carbonyl (C=O) groups excluding carboxylic acids is 2. The largest absolute Gasteiger partial charge is 0.272 e. The van der Waals surface area contributed by atoms with Gasteiger partial charge in [-0.3, -0.25) is 15.0 Å². The van der Waals surface area contributed by atoms with E-state index < -0.39 is 5.54 Å². The lowest BCUT2D eigenvalue weighted by Gasteiger charge is -2.35. The van der Waals surface area contributed by atoms with Gasteiger partial charge < -0.3 is 0 Å². The number of hydrogen-bond acceptors (Lipinski definition) is 2. The van der Waals surface area contributed by atoms with Gasteiger partial charge in [-0.15, -0.1) is 0 Å². The van der Waals surface area contributed by atoms with Crippen LogP contribution in [0.2, 0.25) is 5.02 Å². The molecule has 0 saturated carbocycles. The minimum atomic E-state index is -0.592. The van der Waals surface area contributed by atoms with E-state index in [1.807, 2.05) is 45.0 Å². The first-order chi connectivity index (χ1) is 14.2. The van der Waals surface area contributed by atoms with E-state index >= 15 is 0 Å². The van der Waals surface area contributed by atoms with Crippen molar-refractivity contribution >= 4 is 23.4 Å². The quantitative estimate of drug-likeness (QED) is 0.388. The van der Waals surface area contributed by atoms with E-state index in [0.29, 0.717) is 16.1 Å². The van der Waals surface area contributed by atoms with Gasteiger partial charge in [0.25, 0.3) is 11.8 Å². The van der Waals surface area contributed by atoms with Gasteiger partial charge in [0.2, 0.25) is 0 Å². The average molecular weight is 429 g/mol. The van der Waals surface area contributed by atoms with Crippen molar-refractivity contribution in [1.29, 1.82) is 0 Å². The predicted molar refractivity (Wildman–Crippen MR) is 124 cm³/mol. The van der Waals surface area contributed by atoms with Crippen molar-refractivity contribution in [3.8, 4) is 0 Å². The van der Waals surface area contributed by atoms with Gasteiger partial charge in [0.05, 0.1) is 5.54 Å². The molecule has 0 aliphatic heterocycles. The van der Waals surface area contributed by atoms with Crippen molar-refractivity contribution in [3.63, 3.8) is 0 Å². The Labute approximate surface area is 185 Å². The number of halogens is 1. The van der Waals surface area contributed by atoms with Crippen molar-refractivity contribution < 1.29 is 9.59 Å². The van der Waals surface area contributed by atoms with Crippen LogP contribution in [-0.2, 0) is 6.42 Å². The van der Waals surface area contributed by atoms with E-state index in [-0.39, 0.29) is 11.8 Å². The summed E-state index contributed by atoms with van der Waals surface area (Å²) in [6.45, 7) is 7.85. The molecule has 0 aliphatic rings. The Kier molecular flexibility index (Phi) is 8.91. The summed E-state index contributed by atoms with van der Waals surface area (Å²) in [7, 11) is 0. The molecule has 30 heavy (non-hydrogen) atoms. The lowest BCUT2D eigenvalue weighted by Crippen LogP contribution is -2.55. The van der Waals surface area contributed by atoms with E-state index in [0.717, 1.165) is 6.42 Å². The van der Waals surface area contributed by atoms with Crippen LogP contribution in [0.4, 0.5) is 0 Å². The van der Waals surface area contributed by atoms with Gasteiger partial charge in [-0.05, 0) is 75.6 Å². The molecule has 0 unspecified atom stereocenters. The number of nitrogens with one attached hydrogen (secondary N) is 1. The SMILES string of the molecule is CCCCCCCc1ccc(C(=O)NN(C(=O)c2ccc(Cl)cc2)C(C)(C)C)cc1. The van der Waals surface area contributed by atoms with Gasteiger partial charge in [0.1, 0.15) is 0 Å². The standard InChI is InChI=1S/C25H33ClN2O2/c1-5-6-7-8-9-10-19-11-13-20(14-12-19)23(29)27-28(25(2,3)4)24(30)21-15-17-22(26)18-16-21/h11-18H,5-10H2,1-4H3,(H,27,29). The third-order valence-electron chi connectivity index (χ3n) is 4.96. The number of benzene rings is 2. The summed E-state index contributed by atoms with van der Waals surface area (Å²) >= 11 is 5.92. The van der Waals surface area contributed by atoms with Crippen molar-refractivity contribution in [2.75, 3.05) is 0 Å². The van der Waals surface area contributed by atoms with Gasteiger partial charge in [-0.25, -0.2) is 5.01 Å². The van der Waals surface area contributed by atoms with E-state index in [4.69, 9.17) is 11.6 Å². The normalized spacial score (nSPS) is 11.2. The molecule has 0 radical (unpaired) electrons. The Morgan fingerprint density at radius 2 is 1.43 bits per heavy atom. The molecule has 2 aromatic rings. The molecule has 2 amide bonds. The zero-order valence-corrected chi connectivity index (χ0v) is 19.3. The number of carbonyl (C=O) groups is 2. The van der Waals surface area contributed by atoms with E-state index in [2.05, 4.69) is 12.3 Å². The Bertz CT molecular complexity index is 824. The third kappa shape index (κ3) is 7.17. The average Bonchev–Trinajstić information content (AvgIpc) is 2.71. The van der Waals surface area contributed by atoms with Crippen LogP contribution in [-0.4, -0.2) is 22.4 Å². The maximum atomic E-state index is 13.0. The van der Waals surface area contributed by atoms with Gasteiger partial charge >= 0.3 is 0 Å². The molecule has 0 fully saturated rings. The molecule has 0 aliphatic carbocycles. The number of aryl methyl sites for hydroxylation is 1. The molecule has 4 nitrogen and oxygen atoms in total. The third-order valence-corrected chi connectivity index (χ3v) is 5.22. The zero-order chi connectivity index (χ0) is 22.1. The molecule has 1 N–H and O–H groups in total. The van der Waals surface area contributed by atoms with Gasteiger partial charge in [0.15, 0.2) is 0 Å². The number of rotatable bonds is 8.